The van der Waals surface area contributed by atoms with Gasteiger partial charge in [-0.2, -0.15) is 13.2 Å². The van der Waals surface area contributed by atoms with Gasteiger partial charge in [0.1, 0.15) is 12.6 Å². The van der Waals surface area contributed by atoms with E-state index in [0.29, 0.717) is 33.9 Å². The Morgan fingerprint density at radius 2 is 1.65 bits per heavy atom. The van der Waals surface area contributed by atoms with Crippen LogP contribution in [0.5, 0.6) is 0 Å². The third-order valence-electron chi connectivity index (χ3n) is 6.03. The third-order valence-corrected chi connectivity index (χ3v) is 8.05. The zero-order valence-electron chi connectivity index (χ0n) is 21.9. The van der Waals surface area contributed by atoms with Crippen molar-refractivity contribution in [1.82, 2.24) is 10.2 Å². The summed E-state index contributed by atoms with van der Waals surface area (Å²) in [4.78, 5) is 27.6. The summed E-state index contributed by atoms with van der Waals surface area (Å²) in [7, 11) is -4.49. The van der Waals surface area contributed by atoms with Gasteiger partial charge < -0.3 is 10.2 Å². The topological polar surface area (TPSA) is 86.8 Å². The normalized spacial score (nSPS) is 12.4. The molecule has 214 valence electrons. The van der Waals surface area contributed by atoms with Gasteiger partial charge in [0.2, 0.25) is 11.8 Å². The monoisotopic (exact) mass is 595 g/mol. The highest BCUT2D eigenvalue weighted by molar-refractivity contribution is 7.92. The maximum atomic E-state index is 13.8. The molecule has 0 bridgehead atoms. The van der Waals surface area contributed by atoms with Crippen molar-refractivity contribution in [1.29, 1.82) is 0 Å². The molecule has 0 heterocycles. The van der Waals surface area contributed by atoms with E-state index >= 15 is 0 Å². The summed E-state index contributed by atoms with van der Waals surface area (Å²) in [6.07, 6.45) is -4.09. The van der Waals surface area contributed by atoms with Crippen LogP contribution in [-0.2, 0) is 32.3 Å². The molecule has 0 aliphatic rings. The first kappa shape index (κ1) is 31.0. The van der Waals surface area contributed by atoms with Crippen LogP contribution in [0.25, 0.3) is 0 Å². The highest BCUT2D eigenvalue weighted by Crippen LogP contribution is 2.33. The number of hydrogen-bond acceptors (Lipinski definition) is 4. The molecular formula is C28H29ClF3N3O4S. The summed E-state index contributed by atoms with van der Waals surface area (Å²) in [5.41, 5.74) is -0.848. The summed E-state index contributed by atoms with van der Waals surface area (Å²) >= 11 is 6.10. The van der Waals surface area contributed by atoms with Crippen LogP contribution in [0.15, 0.2) is 83.8 Å². The van der Waals surface area contributed by atoms with E-state index in [1.165, 1.54) is 42.2 Å². The second kappa shape index (κ2) is 13.2. The summed E-state index contributed by atoms with van der Waals surface area (Å²) in [5.74, 6) is -1.26. The predicted molar refractivity (Wildman–Crippen MR) is 147 cm³/mol. The van der Waals surface area contributed by atoms with Crippen LogP contribution in [0, 0.1) is 0 Å². The molecule has 0 aliphatic heterocycles. The van der Waals surface area contributed by atoms with Gasteiger partial charge in [-0.25, -0.2) is 8.42 Å². The molecule has 0 fully saturated rings. The average molecular weight is 596 g/mol. The number of sulfonamides is 1. The zero-order chi connectivity index (χ0) is 29.5. The lowest BCUT2D eigenvalue weighted by Crippen LogP contribution is -2.51. The van der Waals surface area contributed by atoms with E-state index in [9.17, 15) is 31.2 Å². The molecule has 3 rings (SSSR count). The molecule has 0 spiro atoms. The van der Waals surface area contributed by atoms with Crippen LogP contribution in [0.3, 0.4) is 0 Å². The minimum Gasteiger partial charge on any atom is -0.354 e. The Balaban J connectivity index is 2.07. The molecule has 1 atom stereocenters. The van der Waals surface area contributed by atoms with Crippen LogP contribution in [0.2, 0.25) is 5.02 Å². The second-order valence-electron chi connectivity index (χ2n) is 8.99. The standard InChI is InChI=1S/C28H29ClF3N3O4S/c1-3-15-33-27(37)20(2)34(18-21-9-7-11-23(29)16-21)26(36)19-35(40(38,39)25-13-5-4-6-14-25)24-12-8-10-22(17-24)28(30,31)32/h4-14,16-17,20H,3,15,18-19H2,1-2H3,(H,33,37)/t20-/m1/s1. The number of carbonyl (C=O) groups excluding carboxylic acids is 2. The number of carbonyl (C=O) groups is 2. The predicted octanol–water partition coefficient (Wildman–Crippen LogP) is 5.50. The second-order valence-corrected chi connectivity index (χ2v) is 11.3. The van der Waals surface area contributed by atoms with Crippen molar-refractivity contribution < 1.29 is 31.2 Å². The van der Waals surface area contributed by atoms with E-state index < -0.39 is 46.2 Å². The van der Waals surface area contributed by atoms with Crippen LogP contribution in [0.1, 0.15) is 31.4 Å². The molecule has 1 N–H and O–H groups in total. The van der Waals surface area contributed by atoms with E-state index in [1.54, 1.807) is 30.3 Å². The first-order chi connectivity index (χ1) is 18.8. The first-order valence-electron chi connectivity index (χ1n) is 12.4. The highest BCUT2D eigenvalue weighted by atomic mass is 35.5. The Morgan fingerprint density at radius 3 is 2.27 bits per heavy atom. The fraction of sp³-hybridized carbons (Fsp3) is 0.286. The average Bonchev–Trinajstić information content (AvgIpc) is 2.92. The van der Waals surface area contributed by atoms with Crippen LogP contribution < -0.4 is 9.62 Å². The maximum absolute atomic E-state index is 13.8. The molecule has 3 aromatic carbocycles. The Labute approximate surface area is 236 Å². The number of alkyl halides is 3. The number of nitrogens with zero attached hydrogens (tertiary/aromatic N) is 2. The molecule has 0 saturated heterocycles. The van der Waals surface area contributed by atoms with E-state index in [4.69, 9.17) is 11.6 Å². The van der Waals surface area contributed by atoms with E-state index in [0.717, 1.165) is 12.1 Å². The van der Waals surface area contributed by atoms with Gasteiger partial charge in [0.15, 0.2) is 0 Å². The van der Waals surface area contributed by atoms with Crippen molar-refractivity contribution in [3.8, 4) is 0 Å². The summed E-state index contributed by atoms with van der Waals surface area (Å²) in [5, 5.41) is 3.11. The fourth-order valence-electron chi connectivity index (χ4n) is 3.90. The SMILES string of the molecule is CCCNC(=O)[C@@H](C)N(Cc1cccc(Cl)c1)C(=O)CN(c1cccc(C(F)(F)F)c1)S(=O)(=O)c1ccccc1. The van der Waals surface area contributed by atoms with Gasteiger partial charge in [-0.15, -0.1) is 0 Å². The molecule has 0 radical (unpaired) electrons. The quantitative estimate of drug-likeness (QED) is 0.317. The van der Waals surface area contributed by atoms with E-state index in [1.807, 2.05) is 6.92 Å². The number of hydrogen-bond donors (Lipinski definition) is 1. The fourth-order valence-corrected chi connectivity index (χ4v) is 5.54. The van der Waals surface area contributed by atoms with Crippen molar-refractivity contribution in [3.05, 3.63) is 95.0 Å². The summed E-state index contributed by atoms with van der Waals surface area (Å²) in [6.45, 7) is 2.77. The van der Waals surface area contributed by atoms with Crippen molar-refractivity contribution in [2.45, 2.75) is 43.9 Å². The number of rotatable bonds is 11. The van der Waals surface area contributed by atoms with Gasteiger partial charge in [-0.3, -0.25) is 13.9 Å². The lowest BCUT2D eigenvalue weighted by Gasteiger charge is -2.32. The molecule has 40 heavy (non-hydrogen) atoms. The molecule has 0 saturated carbocycles. The first-order valence-corrected chi connectivity index (χ1v) is 14.2. The van der Waals surface area contributed by atoms with Crippen molar-refractivity contribution in [2.75, 3.05) is 17.4 Å². The zero-order valence-corrected chi connectivity index (χ0v) is 23.4. The molecule has 0 aromatic heterocycles. The largest absolute Gasteiger partial charge is 0.416 e. The molecule has 3 aromatic rings. The minimum atomic E-state index is -4.74. The Morgan fingerprint density at radius 1 is 0.975 bits per heavy atom. The highest BCUT2D eigenvalue weighted by Gasteiger charge is 2.35. The Bertz CT molecular complexity index is 1440. The van der Waals surface area contributed by atoms with Crippen LogP contribution >= 0.6 is 11.6 Å². The van der Waals surface area contributed by atoms with Gasteiger partial charge in [-0.1, -0.05) is 54.9 Å². The van der Waals surface area contributed by atoms with Gasteiger partial charge in [0.25, 0.3) is 10.0 Å². The number of nitrogens with one attached hydrogen (secondary N) is 1. The molecule has 0 aliphatic carbocycles. The molecule has 7 nitrogen and oxygen atoms in total. The molecule has 0 unspecified atom stereocenters. The summed E-state index contributed by atoms with van der Waals surface area (Å²) in [6, 6.07) is 16.4. The van der Waals surface area contributed by atoms with Gasteiger partial charge in [-0.05, 0) is 61.4 Å². The summed E-state index contributed by atoms with van der Waals surface area (Å²) < 4.78 is 68.5. The Hall–Kier alpha value is -3.57. The van der Waals surface area contributed by atoms with E-state index in [-0.39, 0.29) is 17.1 Å². The number of benzene rings is 3. The van der Waals surface area contributed by atoms with Gasteiger partial charge >= 0.3 is 6.18 Å². The van der Waals surface area contributed by atoms with Crippen molar-refractivity contribution in [2.24, 2.45) is 0 Å². The van der Waals surface area contributed by atoms with Crippen molar-refractivity contribution in [3.63, 3.8) is 0 Å². The molecule has 2 amide bonds. The number of halogens is 4. The van der Waals surface area contributed by atoms with E-state index in [2.05, 4.69) is 5.32 Å². The lowest BCUT2D eigenvalue weighted by molar-refractivity contribution is -0.139. The third kappa shape index (κ3) is 7.76. The molecule has 12 heteroatoms. The number of anilines is 1. The molecular weight excluding hydrogens is 567 g/mol. The Kier molecular flexibility index (Phi) is 10.2. The maximum Gasteiger partial charge on any atom is 0.416 e. The van der Waals surface area contributed by atoms with Gasteiger partial charge in [0.05, 0.1) is 16.1 Å². The van der Waals surface area contributed by atoms with Crippen LogP contribution in [0.4, 0.5) is 18.9 Å². The lowest BCUT2D eigenvalue weighted by atomic mass is 10.1. The van der Waals surface area contributed by atoms with Gasteiger partial charge in [0, 0.05) is 18.1 Å². The minimum absolute atomic E-state index is 0.0953. The van der Waals surface area contributed by atoms with Crippen LogP contribution in [-0.4, -0.2) is 44.3 Å². The smallest absolute Gasteiger partial charge is 0.354 e. The van der Waals surface area contributed by atoms with Crippen molar-refractivity contribution >= 4 is 39.1 Å². The number of amides is 2.